The van der Waals surface area contributed by atoms with Gasteiger partial charge in [-0.25, -0.2) is 4.79 Å². The summed E-state index contributed by atoms with van der Waals surface area (Å²) < 4.78 is 0. The second-order valence-electron chi connectivity index (χ2n) is 3.20. The van der Waals surface area contributed by atoms with Crippen molar-refractivity contribution in [2.45, 2.75) is 12.5 Å². The van der Waals surface area contributed by atoms with E-state index in [1.54, 1.807) is 6.08 Å². The molecule has 0 bridgehead atoms. The summed E-state index contributed by atoms with van der Waals surface area (Å²) in [5, 5.41) is 18.0. The second kappa shape index (κ2) is 4.07. The zero-order valence-electron chi connectivity index (χ0n) is 7.84. The lowest BCUT2D eigenvalue weighted by Gasteiger charge is -2.11. The Labute approximate surface area is 82.3 Å². The topological polar surface area (TPSA) is 57.5 Å². The van der Waals surface area contributed by atoms with Crippen LogP contribution in [0.5, 0.6) is 0 Å². The van der Waals surface area contributed by atoms with Crippen LogP contribution < -0.4 is 0 Å². The van der Waals surface area contributed by atoms with E-state index in [1.165, 1.54) is 13.0 Å². The smallest absolute Gasteiger partial charge is 0.339 e. The van der Waals surface area contributed by atoms with E-state index in [4.69, 9.17) is 5.11 Å². The minimum absolute atomic E-state index is 0.856. The number of carboxylic acids is 1. The first kappa shape index (κ1) is 10.5. The first-order valence-corrected chi connectivity index (χ1v) is 4.22. The SMILES string of the molecule is C[C@@](O)(/C=C/c1ccccc1)C(=O)O. The Morgan fingerprint density at radius 2 is 1.93 bits per heavy atom. The van der Waals surface area contributed by atoms with E-state index in [0.717, 1.165) is 5.56 Å². The average molecular weight is 192 g/mol. The molecule has 0 aliphatic carbocycles. The highest BCUT2D eigenvalue weighted by atomic mass is 16.4. The number of hydrogen-bond donors (Lipinski definition) is 2. The van der Waals surface area contributed by atoms with Gasteiger partial charge in [-0.05, 0) is 18.6 Å². The molecule has 0 heterocycles. The lowest BCUT2D eigenvalue weighted by Crippen LogP contribution is -2.31. The molecule has 0 fully saturated rings. The van der Waals surface area contributed by atoms with Gasteiger partial charge in [0, 0.05) is 0 Å². The minimum Gasteiger partial charge on any atom is -0.479 e. The molecule has 0 aliphatic rings. The third kappa shape index (κ3) is 2.71. The van der Waals surface area contributed by atoms with Crippen molar-refractivity contribution in [3.63, 3.8) is 0 Å². The van der Waals surface area contributed by atoms with E-state index in [9.17, 15) is 9.90 Å². The Balaban J connectivity index is 2.79. The van der Waals surface area contributed by atoms with Crippen LogP contribution in [0.4, 0.5) is 0 Å². The Kier molecular flexibility index (Phi) is 3.04. The molecule has 3 heteroatoms. The highest BCUT2D eigenvalue weighted by Crippen LogP contribution is 2.09. The summed E-state index contributed by atoms with van der Waals surface area (Å²) in [6, 6.07) is 9.21. The fourth-order valence-corrected chi connectivity index (χ4v) is 0.894. The van der Waals surface area contributed by atoms with Crippen molar-refractivity contribution in [3.8, 4) is 0 Å². The van der Waals surface area contributed by atoms with Crippen LogP contribution in [0.1, 0.15) is 12.5 Å². The fraction of sp³-hybridized carbons (Fsp3) is 0.182. The molecule has 1 aromatic carbocycles. The number of rotatable bonds is 3. The molecule has 2 N–H and O–H groups in total. The third-order valence-electron chi connectivity index (χ3n) is 1.83. The van der Waals surface area contributed by atoms with E-state index in [2.05, 4.69) is 0 Å². The summed E-state index contributed by atoms with van der Waals surface area (Å²) in [7, 11) is 0. The zero-order chi connectivity index (χ0) is 10.6. The molecule has 1 rings (SSSR count). The molecule has 74 valence electrons. The summed E-state index contributed by atoms with van der Waals surface area (Å²) in [5.74, 6) is -1.26. The molecule has 0 saturated carbocycles. The first-order valence-electron chi connectivity index (χ1n) is 4.22. The van der Waals surface area contributed by atoms with Gasteiger partial charge in [0.15, 0.2) is 5.60 Å². The molecular formula is C11H12O3. The van der Waals surface area contributed by atoms with Crippen molar-refractivity contribution in [3.05, 3.63) is 42.0 Å². The molecule has 0 unspecified atom stereocenters. The van der Waals surface area contributed by atoms with E-state index in [-0.39, 0.29) is 0 Å². The van der Waals surface area contributed by atoms with E-state index in [1.807, 2.05) is 30.3 Å². The van der Waals surface area contributed by atoms with E-state index in [0.29, 0.717) is 0 Å². The highest BCUT2D eigenvalue weighted by Gasteiger charge is 2.25. The standard InChI is InChI=1S/C11H12O3/c1-11(14,10(12)13)8-7-9-5-3-2-4-6-9/h2-8,14H,1H3,(H,12,13)/b8-7+/t11-/m1/s1. The third-order valence-corrected chi connectivity index (χ3v) is 1.83. The molecule has 1 atom stereocenters. The predicted molar refractivity (Wildman–Crippen MR) is 53.7 cm³/mol. The van der Waals surface area contributed by atoms with Gasteiger partial charge in [0.2, 0.25) is 0 Å². The molecule has 1 aromatic rings. The normalized spacial score (nSPS) is 15.3. The van der Waals surface area contributed by atoms with E-state index < -0.39 is 11.6 Å². The zero-order valence-corrected chi connectivity index (χ0v) is 7.84. The van der Waals surface area contributed by atoms with E-state index >= 15 is 0 Å². The quantitative estimate of drug-likeness (QED) is 0.763. The van der Waals surface area contributed by atoms with Crippen LogP contribution in [0.3, 0.4) is 0 Å². The Bertz CT molecular complexity index is 339. The van der Waals surface area contributed by atoms with Crippen LogP contribution >= 0.6 is 0 Å². The van der Waals surface area contributed by atoms with Gasteiger partial charge in [-0.15, -0.1) is 0 Å². The first-order chi connectivity index (χ1) is 6.52. The predicted octanol–water partition coefficient (Wildman–Crippen LogP) is 1.54. The second-order valence-corrected chi connectivity index (χ2v) is 3.20. The van der Waals surface area contributed by atoms with Crippen LogP contribution in [0.25, 0.3) is 6.08 Å². The molecule has 14 heavy (non-hydrogen) atoms. The molecule has 0 amide bonds. The number of carboxylic acid groups (broad SMARTS) is 1. The van der Waals surface area contributed by atoms with Crippen molar-refractivity contribution in [1.82, 2.24) is 0 Å². The Morgan fingerprint density at radius 1 is 1.36 bits per heavy atom. The lowest BCUT2D eigenvalue weighted by molar-refractivity contribution is -0.151. The number of aliphatic hydroxyl groups is 1. The van der Waals surface area contributed by atoms with Gasteiger partial charge in [-0.3, -0.25) is 0 Å². The molecular weight excluding hydrogens is 180 g/mol. The fourth-order valence-electron chi connectivity index (χ4n) is 0.894. The molecule has 0 spiro atoms. The van der Waals surface area contributed by atoms with Gasteiger partial charge in [-0.2, -0.15) is 0 Å². The molecule has 3 nitrogen and oxygen atoms in total. The Morgan fingerprint density at radius 3 is 2.43 bits per heavy atom. The summed E-state index contributed by atoms with van der Waals surface area (Å²) in [6.07, 6.45) is 2.83. The Hall–Kier alpha value is -1.61. The van der Waals surface area contributed by atoms with Gasteiger partial charge in [-0.1, -0.05) is 36.4 Å². The van der Waals surface area contributed by atoms with Crippen LogP contribution in [-0.2, 0) is 4.79 Å². The molecule has 0 saturated heterocycles. The maximum Gasteiger partial charge on any atom is 0.339 e. The molecule has 0 radical (unpaired) electrons. The lowest BCUT2D eigenvalue weighted by atomic mass is 10.1. The minimum atomic E-state index is -1.81. The van der Waals surface area contributed by atoms with Crippen LogP contribution in [0.15, 0.2) is 36.4 Å². The highest BCUT2D eigenvalue weighted by molar-refractivity contribution is 5.80. The van der Waals surface area contributed by atoms with Crippen molar-refractivity contribution in [2.24, 2.45) is 0 Å². The summed E-state index contributed by atoms with van der Waals surface area (Å²) in [5.41, 5.74) is -0.954. The maximum absolute atomic E-state index is 10.5. The molecule has 0 aliphatic heterocycles. The summed E-state index contributed by atoms with van der Waals surface area (Å²) in [6.45, 7) is 1.23. The monoisotopic (exact) mass is 192 g/mol. The van der Waals surface area contributed by atoms with Crippen LogP contribution in [-0.4, -0.2) is 21.8 Å². The van der Waals surface area contributed by atoms with Crippen molar-refractivity contribution >= 4 is 12.0 Å². The van der Waals surface area contributed by atoms with Gasteiger partial charge < -0.3 is 10.2 Å². The number of benzene rings is 1. The number of hydrogen-bond acceptors (Lipinski definition) is 2. The van der Waals surface area contributed by atoms with Crippen molar-refractivity contribution in [1.29, 1.82) is 0 Å². The summed E-state index contributed by atoms with van der Waals surface area (Å²) in [4.78, 5) is 10.5. The van der Waals surface area contributed by atoms with Gasteiger partial charge in [0.05, 0.1) is 0 Å². The number of carbonyl (C=O) groups is 1. The van der Waals surface area contributed by atoms with Gasteiger partial charge >= 0.3 is 5.97 Å². The molecule has 0 aromatic heterocycles. The largest absolute Gasteiger partial charge is 0.479 e. The average Bonchev–Trinajstić information content (AvgIpc) is 2.16. The summed E-state index contributed by atoms with van der Waals surface area (Å²) >= 11 is 0. The van der Waals surface area contributed by atoms with Crippen molar-refractivity contribution < 1.29 is 15.0 Å². The van der Waals surface area contributed by atoms with Crippen LogP contribution in [0.2, 0.25) is 0 Å². The van der Waals surface area contributed by atoms with Gasteiger partial charge in [0.1, 0.15) is 0 Å². The number of aliphatic carboxylic acids is 1. The maximum atomic E-state index is 10.5. The van der Waals surface area contributed by atoms with Crippen molar-refractivity contribution in [2.75, 3.05) is 0 Å². The van der Waals surface area contributed by atoms with Crippen LogP contribution in [0, 0.1) is 0 Å². The van der Waals surface area contributed by atoms with Gasteiger partial charge in [0.25, 0.3) is 0 Å².